The van der Waals surface area contributed by atoms with Crippen molar-refractivity contribution in [1.29, 1.82) is 0 Å². The van der Waals surface area contributed by atoms with Gasteiger partial charge in [0.25, 0.3) is 5.91 Å². The Morgan fingerprint density at radius 3 is 2.87 bits per heavy atom. The van der Waals surface area contributed by atoms with Crippen LogP contribution in [0.2, 0.25) is 0 Å². The maximum atomic E-state index is 12.2. The van der Waals surface area contributed by atoms with Gasteiger partial charge in [0.1, 0.15) is 12.4 Å². The van der Waals surface area contributed by atoms with Gasteiger partial charge in [0.2, 0.25) is 0 Å². The lowest BCUT2D eigenvalue weighted by atomic mass is 10.1. The Labute approximate surface area is 136 Å². The molecule has 0 radical (unpaired) electrons. The predicted octanol–water partition coefficient (Wildman–Crippen LogP) is 1.87. The number of hydrogen-bond donors (Lipinski definition) is 3. The second kappa shape index (κ2) is 5.68. The molecule has 2 heterocycles. The molecule has 0 bridgehead atoms. The van der Waals surface area contributed by atoms with Crippen molar-refractivity contribution in [2.24, 2.45) is 0 Å². The van der Waals surface area contributed by atoms with E-state index in [-0.39, 0.29) is 6.54 Å². The van der Waals surface area contributed by atoms with Crippen molar-refractivity contribution >= 4 is 23.2 Å². The van der Waals surface area contributed by atoms with Gasteiger partial charge >= 0.3 is 5.97 Å². The number of benzene rings is 1. The second-order valence-corrected chi connectivity index (χ2v) is 6.56. The normalized spacial score (nSPS) is 14.9. The van der Waals surface area contributed by atoms with Crippen molar-refractivity contribution in [2.45, 2.75) is 19.1 Å². The number of rotatable bonds is 4. The van der Waals surface area contributed by atoms with E-state index in [9.17, 15) is 14.7 Å². The number of nitrogens with one attached hydrogen (secondary N) is 1. The first-order chi connectivity index (χ1) is 10.9. The van der Waals surface area contributed by atoms with Crippen molar-refractivity contribution in [1.82, 2.24) is 5.32 Å². The molecular weight excluding hydrogens is 318 g/mol. The van der Waals surface area contributed by atoms with Gasteiger partial charge in [-0.3, -0.25) is 4.79 Å². The molecule has 0 saturated heterocycles. The molecule has 0 spiro atoms. The third-order valence-corrected chi connectivity index (χ3v) is 4.81. The summed E-state index contributed by atoms with van der Waals surface area (Å²) < 4.78 is 5.65. The molecule has 3 rings (SSSR count). The highest BCUT2D eigenvalue weighted by Gasteiger charge is 2.31. The number of hydrogen-bond acceptors (Lipinski definition) is 5. The van der Waals surface area contributed by atoms with Gasteiger partial charge in [0, 0.05) is 16.0 Å². The summed E-state index contributed by atoms with van der Waals surface area (Å²) >= 11 is 1.32. The van der Waals surface area contributed by atoms with E-state index in [1.54, 1.807) is 6.07 Å². The molecule has 3 N–H and O–H groups in total. The Hall–Kier alpha value is -2.38. The standard InChI is InChI=1S/C16H15NO5S/c1-16(21,15(19)20)8-17-14(18)12-6-9-7-22-11-5-3-2-4-10(11)13(9)23-12/h2-6,21H,7-8H2,1H3,(H,17,18)(H,19,20). The Bertz CT molecular complexity index is 781. The van der Waals surface area contributed by atoms with Gasteiger partial charge < -0.3 is 20.3 Å². The number of aliphatic carboxylic acids is 1. The molecule has 7 heteroatoms. The molecule has 0 fully saturated rings. The molecule has 23 heavy (non-hydrogen) atoms. The van der Waals surface area contributed by atoms with Crippen LogP contribution >= 0.6 is 11.3 Å². The van der Waals surface area contributed by atoms with Crippen LogP contribution in [0.25, 0.3) is 10.4 Å². The summed E-state index contributed by atoms with van der Waals surface area (Å²) in [6, 6.07) is 9.34. The summed E-state index contributed by atoms with van der Waals surface area (Å²) in [4.78, 5) is 24.5. The number of carboxylic acid groups (broad SMARTS) is 1. The van der Waals surface area contributed by atoms with E-state index in [4.69, 9.17) is 9.84 Å². The zero-order valence-corrected chi connectivity index (χ0v) is 13.1. The average molecular weight is 333 g/mol. The number of carboxylic acids is 1. The van der Waals surface area contributed by atoms with Crippen LogP contribution in [0.3, 0.4) is 0 Å². The van der Waals surface area contributed by atoms with Gasteiger partial charge in [0.05, 0.1) is 11.4 Å². The van der Waals surface area contributed by atoms with Crippen molar-refractivity contribution in [3.05, 3.63) is 40.8 Å². The Morgan fingerprint density at radius 1 is 1.39 bits per heavy atom. The summed E-state index contributed by atoms with van der Waals surface area (Å²) in [6.07, 6.45) is 0. The highest BCUT2D eigenvalue weighted by Crippen LogP contribution is 2.42. The monoisotopic (exact) mass is 333 g/mol. The van der Waals surface area contributed by atoms with Gasteiger partial charge in [-0.05, 0) is 25.1 Å². The molecule has 0 aliphatic carbocycles. The van der Waals surface area contributed by atoms with Gasteiger partial charge in [-0.15, -0.1) is 11.3 Å². The molecule has 120 valence electrons. The van der Waals surface area contributed by atoms with Crippen LogP contribution < -0.4 is 10.1 Å². The topological polar surface area (TPSA) is 95.9 Å². The van der Waals surface area contributed by atoms with Gasteiger partial charge in [-0.1, -0.05) is 12.1 Å². The van der Waals surface area contributed by atoms with E-state index in [1.165, 1.54) is 11.3 Å². The summed E-state index contributed by atoms with van der Waals surface area (Å²) in [5.41, 5.74) is -0.137. The molecule has 1 unspecified atom stereocenters. The van der Waals surface area contributed by atoms with Gasteiger partial charge in [-0.2, -0.15) is 0 Å². The Balaban J connectivity index is 1.80. The highest BCUT2D eigenvalue weighted by molar-refractivity contribution is 7.17. The molecule has 1 amide bonds. The third kappa shape index (κ3) is 2.93. The number of carbonyl (C=O) groups excluding carboxylic acids is 1. The maximum Gasteiger partial charge on any atom is 0.337 e. The van der Waals surface area contributed by atoms with Crippen LogP contribution in [0.4, 0.5) is 0 Å². The highest BCUT2D eigenvalue weighted by atomic mass is 32.1. The Kier molecular flexibility index (Phi) is 3.83. The zero-order chi connectivity index (χ0) is 16.6. The van der Waals surface area contributed by atoms with Crippen molar-refractivity contribution in [3.63, 3.8) is 0 Å². The second-order valence-electron chi connectivity index (χ2n) is 5.51. The fourth-order valence-electron chi connectivity index (χ4n) is 2.23. The first-order valence-corrected chi connectivity index (χ1v) is 7.79. The molecule has 6 nitrogen and oxygen atoms in total. The van der Waals surface area contributed by atoms with E-state index in [0.29, 0.717) is 11.5 Å². The summed E-state index contributed by atoms with van der Waals surface area (Å²) in [5, 5.41) is 21.0. The molecular formula is C16H15NO5S. The molecule has 0 saturated carbocycles. The molecule has 2 aromatic rings. The Morgan fingerprint density at radius 2 is 2.13 bits per heavy atom. The van der Waals surface area contributed by atoms with Crippen LogP contribution in [0.5, 0.6) is 5.75 Å². The number of fused-ring (bicyclic) bond motifs is 3. The number of carbonyl (C=O) groups is 2. The number of thiophene rings is 1. The average Bonchev–Trinajstić information content (AvgIpc) is 2.97. The molecule has 1 aliphatic heterocycles. The van der Waals surface area contributed by atoms with E-state index in [2.05, 4.69) is 5.32 Å². The lowest BCUT2D eigenvalue weighted by Crippen LogP contribution is -2.46. The first kappa shape index (κ1) is 15.5. The minimum Gasteiger partial charge on any atom is -0.488 e. The fourth-order valence-corrected chi connectivity index (χ4v) is 3.34. The van der Waals surface area contributed by atoms with E-state index >= 15 is 0 Å². The maximum absolute atomic E-state index is 12.2. The number of para-hydroxylation sites is 1. The summed E-state index contributed by atoms with van der Waals surface area (Å²) in [7, 11) is 0. The van der Waals surface area contributed by atoms with Crippen molar-refractivity contribution in [2.75, 3.05) is 6.54 Å². The van der Waals surface area contributed by atoms with Crippen LogP contribution in [0.1, 0.15) is 22.2 Å². The van der Waals surface area contributed by atoms with Crippen LogP contribution in [-0.4, -0.2) is 34.2 Å². The number of aliphatic hydroxyl groups is 1. The zero-order valence-electron chi connectivity index (χ0n) is 12.3. The first-order valence-electron chi connectivity index (χ1n) is 6.97. The van der Waals surface area contributed by atoms with E-state index in [0.717, 1.165) is 28.7 Å². The quantitative estimate of drug-likeness (QED) is 0.794. The SMILES string of the molecule is CC(O)(CNC(=O)c1cc2c(s1)-c1ccccc1OC2)C(=O)O. The lowest BCUT2D eigenvalue weighted by molar-refractivity contribution is -0.155. The minimum atomic E-state index is -2.00. The van der Waals surface area contributed by atoms with E-state index in [1.807, 2.05) is 24.3 Å². The largest absolute Gasteiger partial charge is 0.488 e. The van der Waals surface area contributed by atoms with Crippen molar-refractivity contribution in [3.8, 4) is 16.2 Å². The molecule has 1 atom stereocenters. The lowest BCUT2D eigenvalue weighted by Gasteiger charge is -2.17. The fraction of sp³-hybridized carbons (Fsp3) is 0.250. The van der Waals surface area contributed by atoms with Crippen molar-refractivity contribution < 1.29 is 24.5 Å². The number of amides is 1. The minimum absolute atomic E-state index is 0.364. The van der Waals surface area contributed by atoms with Crippen LogP contribution in [0.15, 0.2) is 30.3 Å². The van der Waals surface area contributed by atoms with Crippen LogP contribution in [0, 0.1) is 0 Å². The van der Waals surface area contributed by atoms with Gasteiger partial charge in [0.15, 0.2) is 5.60 Å². The summed E-state index contributed by atoms with van der Waals surface area (Å²) in [5.74, 6) is -1.02. The summed E-state index contributed by atoms with van der Waals surface area (Å²) in [6.45, 7) is 1.17. The molecule has 1 aromatic carbocycles. The molecule has 1 aromatic heterocycles. The predicted molar refractivity (Wildman–Crippen MR) is 84.7 cm³/mol. The number of ether oxygens (including phenoxy) is 1. The van der Waals surface area contributed by atoms with Crippen LogP contribution in [-0.2, 0) is 11.4 Å². The van der Waals surface area contributed by atoms with E-state index < -0.39 is 17.5 Å². The molecule has 1 aliphatic rings. The smallest absolute Gasteiger partial charge is 0.337 e. The third-order valence-electron chi connectivity index (χ3n) is 3.60. The van der Waals surface area contributed by atoms with Gasteiger partial charge in [-0.25, -0.2) is 4.79 Å².